The molecule has 98 valence electrons. The van der Waals surface area contributed by atoms with Crippen LogP contribution in [-0.4, -0.2) is 35.4 Å². The highest BCUT2D eigenvalue weighted by molar-refractivity contribution is 7.85. The molecular formula is C11H19NO4S. The van der Waals surface area contributed by atoms with E-state index in [1.165, 1.54) is 5.56 Å². The van der Waals surface area contributed by atoms with E-state index in [4.69, 9.17) is 9.66 Å². The average molecular weight is 261 g/mol. The van der Waals surface area contributed by atoms with Gasteiger partial charge in [0.2, 0.25) is 0 Å². The van der Waals surface area contributed by atoms with Crippen LogP contribution in [-0.2, 0) is 16.5 Å². The molecule has 2 N–H and O–H groups in total. The van der Waals surface area contributed by atoms with Crippen molar-refractivity contribution < 1.29 is 18.1 Å². The second-order valence-corrected chi connectivity index (χ2v) is 5.10. The molecule has 0 amide bonds. The molecule has 1 aromatic rings. The van der Waals surface area contributed by atoms with Crippen molar-refractivity contribution in [3.05, 3.63) is 29.6 Å². The molecule has 17 heavy (non-hydrogen) atoms. The normalized spacial score (nSPS) is 10.6. The Labute approximate surface area is 102 Å². The summed E-state index contributed by atoms with van der Waals surface area (Å²) in [5, 5.41) is 8.05. The Hall–Kier alpha value is -0.980. The summed E-state index contributed by atoms with van der Waals surface area (Å²) in [6.45, 7) is 3.92. The van der Waals surface area contributed by atoms with Crippen molar-refractivity contribution in [2.45, 2.75) is 26.7 Å². The van der Waals surface area contributed by atoms with E-state index in [1.54, 1.807) is 0 Å². The molecule has 0 atom stereocenters. The van der Waals surface area contributed by atoms with Gasteiger partial charge in [-0.05, 0) is 31.4 Å². The van der Waals surface area contributed by atoms with Crippen molar-refractivity contribution in [3.63, 3.8) is 0 Å². The summed E-state index contributed by atoms with van der Waals surface area (Å²) in [5.74, 6) is -0.358. The molecule has 0 aliphatic rings. The van der Waals surface area contributed by atoms with E-state index in [0.29, 0.717) is 0 Å². The van der Waals surface area contributed by atoms with Crippen LogP contribution in [0.25, 0.3) is 0 Å². The van der Waals surface area contributed by atoms with Crippen LogP contribution in [0.3, 0.4) is 0 Å². The van der Waals surface area contributed by atoms with Gasteiger partial charge < -0.3 is 5.11 Å². The van der Waals surface area contributed by atoms with Gasteiger partial charge >= 0.3 is 0 Å². The van der Waals surface area contributed by atoms with E-state index in [1.807, 2.05) is 19.2 Å². The maximum atomic E-state index is 9.83. The lowest BCUT2D eigenvalue weighted by Gasteiger charge is -1.93. The molecule has 1 rings (SSSR count). The number of aliphatic hydroxyl groups excluding tert-OH is 1. The van der Waals surface area contributed by atoms with Crippen LogP contribution in [0.4, 0.5) is 0 Å². The van der Waals surface area contributed by atoms with Crippen molar-refractivity contribution in [1.82, 2.24) is 4.98 Å². The van der Waals surface area contributed by atoms with Gasteiger partial charge in [-0.25, -0.2) is 0 Å². The SMILES string of the molecule is CCc1ccc(C)nc1.O=S(=O)(O)CCCO. The summed E-state index contributed by atoms with van der Waals surface area (Å²) in [4.78, 5) is 4.15. The molecule has 0 fully saturated rings. The van der Waals surface area contributed by atoms with Crippen LogP contribution in [0.1, 0.15) is 24.6 Å². The van der Waals surface area contributed by atoms with Gasteiger partial charge in [-0.1, -0.05) is 13.0 Å². The first-order valence-electron chi connectivity index (χ1n) is 5.36. The summed E-state index contributed by atoms with van der Waals surface area (Å²) < 4.78 is 27.7. The molecule has 6 heteroatoms. The van der Waals surface area contributed by atoms with E-state index in [0.717, 1.165) is 12.1 Å². The molecule has 1 aromatic heterocycles. The highest BCUT2D eigenvalue weighted by atomic mass is 32.2. The minimum absolute atomic E-state index is 0.0961. The largest absolute Gasteiger partial charge is 0.396 e. The lowest BCUT2D eigenvalue weighted by Crippen LogP contribution is -2.04. The number of hydrogen-bond acceptors (Lipinski definition) is 4. The molecule has 0 radical (unpaired) electrons. The highest BCUT2D eigenvalue weighted by Gasteiger charge is 2.00. The molecule has 0 saturated carbocycles. The second-order valence-electron chi connectivity index (χ2n) is 3.52. The van der Waals surface area contributed by atoms with Gasteiger partial charge in [-0.2, -0.15) is 8.42 Å². The van der Waals surface area contributed by atoms with Gasteiger partial charge in [0.25, 0.3) is 10.1 Å². The van der Waals surface area contributed by atoms with Crippen LogP contribution < -0.4 is 0 Å². The predicted octanol–water partition coefficient (Wildman–Crippen LogP) is 1.21. The van der Waals surface area contributed by atoms with Gasteiger partial charge in [0.05, 0.1) is 5.75 Å². The second kappa shape index (κ2) is 8.16. The van der Waals surface area contributed by atoms with Crippen molar-refractivity contribution in [3.8, 4) is 0 Å². The number of aromatic nitrogens is 1. The van der Waals surface area contributed by atoms with Crippen LogP contribution in [0.15, 0.2) is 18.3 Å². The number of rotatable bonds is 4. The Bertz CT molecular complexity index is 400. The van der Waals surface area contributed by atoms with Gasteiger partial charge in [0.15, 0.2) is 0 Å². The zero-order chi connectivity index (χ0) is 13.3. The van der Waals surface area contributed by atoms with Crippen LogP contribution >= 0.6 is 0 Å². The lowest BCUT2D eigenvalue weighted by molar-refractivity contribution is 0.294. The van der Waals surface area contributed by atoms with Crippen molar-refractivity contribution in [2.75, 3.05) is 12.4 Å². The van der Waals surface area contributed by atoms with E-state index in [-0.39, 0.29) is 18.8 Å². The van der Waals surface area contributed by atoms with Crippen molar-refractivity contribution in [1.29, 1.82) is 0 Å². The Morgan fingerprint density at radius 3 is 2.29 bits per heavy atom. The molecule has 0 unspecified atom stereocenters. The molecule has 0 bridgehead atoms. The number of aryl methyl sites for hydroxylation is 2. The first kappa shape index (κ1) is 16.0. The fraction of sp³-hybridized carbons (Fsp3) is 0.545. The van der Waals surface area contributed by atoms with Crippen LogP contribution in [0, 0.1) is 6.92 Å². The van der Waals surface area contributed by atoms with Gasteiger partial charge in [-0.3, -0.25) is 9.54 Å². The molecule has 1 heterocycles. The van der Waals surface area contributed by atoms with Gasteiger partial charge in [-0.15, -0.1) is 0 Å². The third-order valence-electron chi connectivity index (χ3n) is 1.94. The first-order valence-corrected chi connectivity index (χ1v) is 6.97. The Balaban J connectivity index is 0.000000304. The number of aliphatic hydroxyl groups is 1. The Morgan fingerprint density at radius 1 is 1.35 bits per heavy atom. The number of nitrogens with zero attached hydrogens (tertiary/aromatic N) is 1. The maximum absolute atomic E-state index is 9.83. The summed E-state index contributed by atoms with van der Waals surface area (Å²) in [6, 6.07) is 4.15. The van der Waals surface area contributed by atoms with E-state index >= 15 is 0 Å². The topological polar surface area (TPSA) is 87.5 Å². The van der Waals surface area contributed by atoms with Crippen LogP contribution in [0.5, 0.6) is 0 Å². The zero-order valence-corrected chi connectivity index (χ0v) is 10.9. The fourth-order valence-corrected chi connectivity index (χ4v) is 1.45. The summed E-state index contributed by atoms with van der Waals surface area (Å²) in [6.07, 6.45) is 3.10. The minimum atomic E-state index is -3.85. The minimum Gasteiger partial charge on any atom is -0.396 e. The molecule has 0 saturated heterocycles. The standard InChI is InChI=1S/C8H11N.C3H8O4S/c1-3-8-5-4-7(2)9-6-8;4-2-1-3-8(5,6)7/h4-6H,3H2,1-2H3;4H,1-3H2,(H,5,6,7). The zero-order valence-electron chi connectivity index (χ0n) is 10.1. The predicted molar refractivity (Wildman–Crippen MR) is 66.5 cm³/mol. The lowest BCUT2D eigenvalue weighted by atomic mass is 10.2. The molecule has 0 aromatic carbocycles. The van der Waals surface area contributed by atoms with E-state index in [9.17, 15) is 8.42 Å². The summed E-state index contributed by atoms with van der Waals surface area (Å²) in [7, 11) is -3.85. The quantitative estimate of drug-likeness (QED) is 0.795. The third-order valence-corrected chi connectivity index (χ3v) is 2.75. The Morgan fingerprint density at radius 2 is 2.00 bits per heavy atom. The average Bonchev–Trinajstić information content (AvgIpc) is 2.27. The number of pyridine rings is 1. The summed E-state index contributed by atoms with van der Waals surface area (Å²) in [5.41, 5.74) is 2.40. The smallest absolute Gasteiger partial charge is 0.264 e. The van der Waals surface area contributed by atoms with E-state index in [2.05, 4.69) is 18.0 Å². The molecule has 0 aliphatic carbocycles. The summed E-state index contributed by atoms with van der Waals surface area (Å²) >= 11 is 0. The molecule has 0 aliphatic heterocycles. The van der Waals surface area contributed by atoms with Crippen molar-refractivity contribution in [2.24, 2.45) is 0 Å². The van der Waals surface area contributed by atoms with Crippen LogP contribution in [0.2, 0.25) is 0 Å². The fourth-order valence-electron chi connectivity index (χ4n) is 0.955. The monoisotopic (exact) mass is 261 g/mol. The maximum Gasteiger partial charge on any atom is 0.264 e. The molecular weight excluding hydrogens is 242 g/mol. The van der Waals surface area contributed by atoms with E-state index < -0.39 is 10.1 Å². The third kappa shape index (κ3) is 9.92. The van der Waals surface area contributed by atoms with Gasteiger partial charge in [0, 0.05) is 18.5 Å². The molecule has 5 nitrogen and oxygen atoms in total. The highest BCUT2D eigenvalue weighted by Crippen LogP contribution is 1.98. The number of hydrogen-bond donors (Lipinski definition) is 2. The first-order chi connectivity index (χ1) is 7.89. The van der Waals surface area contributed by atoms with Gasteiger partial charge in [0.1, 0.15) is 0 Å². The van der Waals surface area contributed by atoms with Crippen molar-refractivity contribution >= 4 is 10.1 Å². The molecule has 0 spiro atoms. The Kier molecular flexibility index (Phi) is 7.69.